The molecule has 5 rings (SSSR count). The summed E-state index contributed by atoms with van der Waals surface area (Å²) in [6.07, 6.45) is 5.27. The number of likely N-dealkylation sites (tertiary alicyclic amines) is 1. The van der Waals surface area contributed by atoms with E-state index in [-0.39, 0.29) is 36.1 Å². The van der Waals surface area contributed by atoms with Gasteiger partial charge >= 0.3 is 0 Å². The number of carbonyl (C=O) groups is 3. The zero-order valence-electron chi connectivity index (χ0n) is 25.8. The molecule has 1 aromatic carbocycles. The summed E-state index contributed by atoms with van der Waals surface area (Å²) in [4.78, 5) is 50.8. The molecule has 4 saturated heterocycles. The molecule has 44 heavy (non-hydrogen) atoms. The fraction of sp³-hybridized carbons (Fsp3) is 0.606. The fourth-order valence-corrected chi connectivity index (χ4v) is 9.63. The summed E-state index contributed by atoms with van der Waals surface area (Å²) < 4.78 is 10.4. The van der Waals surface area contributed by atoms with Gasteiger partial charge in [-0.05, 0) is 50.5 Å². The van der Waals surface area contributed by atoms with E-state index in [4.69, 9.17) is 9.47 Å². The average molecular weight is 627 g/mol. The van der Waals surface area contributed by atoms with Crippen LogP contribution in [0.3, 0.4) is 0 Å². The van der Waals surface area contributed by atoms with Gasteiger partial charge in [-0.25, -0.2) is 0 Å². The molecule has 4 heterocycles. The number of fused-ring (bicyclic) bond motifs is 1. The first-order chi connectivity index (χ1) is 21.4. The Morgan fingerprint density at radius 1 is 1.14 bits per heavy atom. The maximum absolute atomic E-state index is 14.5. The van der Waals surface area contributed by atoms with E-state index in [1.807, 2.05) is 36.1 Å². The first-order valence-electron chi connectivity index (χ1n) is 15.8. The van der Waals surface area contributed by atoms with E-state index in [1.54, 1.807) is 33.7 Å². The van der Waals surface area contributed by atoms with Crippen molar-refractivity contribution in [2.45, 2.75) is 42.2 Å². The monoisotopic (exact) mass is 626 g/mol. The van der Waals surface area contributed by atoms with Gasteiger partial charge in [-0.3, -0.25) is 19.3 Å². The van der Waals surface area contributed by atoms with Gasteiger partial charge in [-0.2, -0.15) is 0 Å². The maximum Gasteiger partial charge on any atom is 0.247 e. The molecule has 11 heteroatoms. The standard InChI is InChI=1S/C33H46N4O6S/c1-4-14-35(18-17-34-19-22-42-23-20-34)32(41)29-33-13-12-26(44-33)27(28(33)31(40)37(29)16-7-21-38)30(39)36(15-5-2)24-8-10-25(11-9-24)43-6-3/h4-5,8-11,26-29,38H,1-2,6-7,12-23H2,3H3/t26-,27+,28+,29?,33?/m1/s1. The number of thioether (sulfide) groups is 1. The number of carbonyl (C=O) groups excluding carboxylic acids is 3. The van der Waals surface area contributed by atoms with Crippen molar-refractivity contribution in [3.05, 3.63) is 49.6 Å². The smallest absolute Gasteiger partial charge is 0.247 e. The molecule has 0 aromatic heterocycles. The van der Waals surface area contributed by atoms with Crippen molar-refractivity contribution >= 4 is 35.2 Å². The summed E-state index contributed by atoms with van der Waals surface area (Å²) in [6, 6.07) is 6.72. The molecule has 2 bridgehead atoms. The first-order valence-corrected chi connectivity index (χ1v) is 16.7. The molecular weight excluding hydrogens is 580 g/mol. The Morgan fingerprint density at radius 3 is 2.52 bits per heavy atom. The van der Waals surface area contributed by atoms with Crippen molar-refractivity contribution in [3.63, 3.8) is 0 Å². The number of rotatable bonds is 15. The largest absolute Gasteiger partial charge is 0.494 e. The van der Waals surface area contributed by atoms with Crippen LogP contribution in [0, 0.1) is 11.8 Å². The van der Waals surface area contributed by atoms with E-state index in [0.717, 1.165) is 30.9 Å². The van der Waals surface area contributed by atoms with Crippen molar-refractivity contribution < 1.29 is 29.0 Å². The number of aliphatic hydroxyl groups is 1. The summed E-state index contributed by atoms with van der Waals surface area (Å²) in [5.41, 5.74) is 0.718. The second kappa shape index (κ2) is 14.5. The molecule has 0 aliphatic carbocycles. The van der Waals surface area contributed by atoms with E-state index in [0.29, 0.717) is 58.8 Å². The molecule has 1 aromatic rings. The van der Waals surface area contributed by atoms with Crippen LogP contribution in [0.25, 0.3) is 0 Å². The lowest BCUT2D eigenvalue weighted by molar-refractivity contribution is -0.143. The topological polar surface area (TPSA) is 103 Å². The fourth-order valence-electron chi connectivity index (χ4n) is 7.42. The summed E-state index contributed by atoms with van der Waals surface area (Å²) in [6.45, 7) is 15.4. The SMILES string of the molecule is C=CCN(CCN1CCOCC1)C(=O)C1N(CCCO)C(=O)[C@@H]2[C@@H](C(=O)N(CC=C)c3ccc(OCC)cc3)[C@H]3CCC12S3. The quantitative estimate of drug-likeness (QED) is 0.296. The van der Waals surface area contributed by atoms with Crippen LogP contribution in [0.2, 0.25) is 0 Å². The Balaban J connectivity index is 1.44. The highest BCUT2D eigenvalue weighted by molar-refractivity contribution is 8.02. The van der Waals surface area contributed by atoms with E-state index in [2.05, 4.69) is 18.1 Å². The van der Waals surface area contributed by atoms with Gasteiger partial charge in [-0.1, -0.05) is 12.2 Å². The highest BCUT2D eigenvalue weighted by Gasteiger charge is 2.74. The third-order valence-electron chi connectivity index (χ3n) is 9.36. The summed E-state index contributed by atoms with van der Waals surface area (Å²) in [5, 5.41) is 9.64. The van der Waals surface area contributed by atoms with Gasteiger partial charge in [0.15, 0.2) is 0 Å². The third-order valence-corrected chi connectivity index (χ3v) is 11.3. The molecule has 3 amide bonds. The number of benzene rings is 1. The van der Waals surface area contributed by atoms with Crippen molar-refractivity contribution in [2.24, 2.45) is 11.8 Å². The van der Waals surface area contributed by atoms with Crippen molar-refractivity contribution in [1.29, 1.82) is 0 Å². The van der Waals surface area contributed by atoms with Crippen molar-refractivity contribution in [2.75, 3.05) is 77.1 Å². The highest BCUT2D eigenvalue weighted by Crippen LogP contribution is 2.66. The molecule has 240 valence electrons. The highest BCUT2D eigenvalue weighted by atomic mass is 32.2. The van der Waals surface area contributed by atoms with Gasteiger partial charge in [0.1, 0.15) is 11.8 Å². The maximum atomic E-state index is 14.5. The minimum atomic E-state index is -0.692. The number of amides is 3. The van der Waals surface area contributed by atoms with E-state index in [9.17, 15) is 19.5 Å². The van der Waals surface area contributed by atoms with Crippen LogP contribution >= 0.6 is 11.8 Å². The van der Waals surface area contributed by atoms with Gasteiger partial charge in [0.2, 0.25) is 17.7 Å². The second-order valence-electron chi connectivity index (χ2n) is 11.9. The summed E-state index contributed by atoms with van der Waals surface area (Å²) in [5.74, 6) is -0.794. The molecule has 1 N–H and O–H groups in total. The van der Waals surface area contributed by atoms with Crippen molar-refractivity contribution in [3.8, 4) is 5.75 Å². The Labute approximate surface area is 265 Å². The number of hydrogen-bond donors (Lipinski definition) is 1. The van der Waals surface area contributed by atoms with Gasteiger partial charge in [0.25, 0.3) is 0 Å². The third kappa shape index (κ3) is 6.16. The van der Waals surface area contributed by atoms with Gasteiger partial charge < -0.3 is 29.3 Å². The van der Waals surface area contributed by atoms with E-state index >= 15 is 0 Å². The molecule has 2 unspecified atom stereocenters. The number of ether oxygens (including phenoxy) is 2. The molecule has 5 atom stereocenters. The Kier molecular flexibility index (Phi) is 10.7. The lowest BCUT2D eigenvalue weighted by atomic mass is 9.70. The van der Waals surface area contributed by atoms with Crippen LogP contribution < -0.4 is 9.64 Å². The number of aliphatic hydroxyl groups excluding tert-OH is 1. The molecule has 0 saturated carbocycles. The van der Waals surface area contributed by atoms with Crippen LogP contribution in [-0.2, 0) is 19.1 Å². The Morgan fingerprint density at radius 2 is 1.86 bits per heavy atom. The predicted octanol–water partition coefficient (Wildman–Crippen LogP) is 2.42. The molecular formula is C33H46N4O6S. The van der Waals surface area contributed by atoms with Gasteiger partial charge in [0.05, 0.1) is 36.4 Å². The van der Waals surface area contributed by atoms with Crippen LogP contribution in [-0.4, -0.2) is 126 Å². The lowest BCUT2D eigenvalue weighted by Gasteiger charge is -2.38. The van der Waals surface area contributed by atoms with E-state index in [1.165, 1.54) is 0 Å². The Hall–Kier alpha value is -2.86. The molecule has 4 aliphatic rings. The molecule has 4 fully saturated rings. The molecule has 1 spiro atoms. The van der Waals surface area contributed by atoms with Crippen LogP contribution in [0.1, 0.15) is 26.2 Å². The van der Waals surface area contributed by atoms with Crippen LogP contribution in [0.4, 0.5) is 5.69 Å². The second-order valence-corrected chi connectivity index (χ2v) is 13.5. The average Bonchev–Trinajstić information content (AvgIpc) is 3.68. The zero-order chi connectivity index (χ0) is 31.3. The van der Waals surface area contributed by atoms with Gasteiger partial charge in [-0.15, -0.1) is 24.9 Å². The predicted molar refractivity (Wildman–Crippen MR) is 172 cm³/mol. The summed E-state index contributed by atoms with van der Waals surface area (Å²) in [7, 11) is 0. The van der Waals surface area contributed by atoms with Crippen LogP contribution in [0.5, 0.6) is 5.75 Å². The van der Waals surface area contributed by atoms with Gasteiger partial charge in [0, 0.05) is 63.4 Å². The summed E-state index contributed by atoms with van der Waals surface area (Å²) >= 11 is 1.67. The van der Waals surface area contributed by atoms with Crippen LogP contribution in [0.15, 0.2) is 49.6 Å². The number of hydrogen-bond acceptors (Lipinski definition) is 8. The molecule has 10 nitrogen and oxygen atoms in total. The molecule has 4 aliphatic heterocycles. The normalized spacial score (nSPS) is 27.7. The molecule has 0 radical (unpaired) electrons. The lowest BCUT2D eigenvalue weighted by Crippen LogP contribution is -2.56. The van der Waals surface area contributed by atoms with E-state index < -0.39 is 22.6 Å². The number of morpholine rings is 1. The zero-order valence-corrected chi connectivity index (χ0v) is 26.6. The van der Waals surface area contributed by atoms with Crippen molar-refractivity contribution in [1.82, 2.24) is 14.7 Å². The number of anilines is 1. The number of nitrogens with zero attached hydrogens (tertiary/aromatic N) is 4. The minimum Gasteiger partial charge on any atom is -0.494 e. The minimum absolute atomic E-state index is 0.0528. The Bertz CT molecular complexity index is 1210. The first kappa shape index (κ1) is 32.5.